The molecule has 0 spiro atoms. The third kappa shape index (κ3) is 3.60. The van der Waals surface area contributed by atoms with Crippen LogP contribution in [0.4, 0.5) is 0 Å². The van der Waals surface area contributed by atoms with Crippen molar-refractivity contribution in [2.75, 3.05) is 0 Å². The smallest absolute Gasteiger partial charge is 0.303 e. The van der Waals surface area contributed by atoms with E-state index in [1.165, 1.54) is 6.92 Å². The van der Waals surface area contributed by atoms with Crippen molar-refractivity contribution in [2.45, 2.75) is 46.6 Å². The molecule has 3 nitrogen and oxygen atoms in total. The maximum Gasteiger partial charge on any atom is 0.303 e. The summed E-state index contributed by atoms with van der Waals surface area (Å²) in [5.41, 5.74) is 0. The average Bonchev–Trinajstić information content (AvgIpc) is 2.55. The van der Waals surface area contributed by atoms with Crippen LogP contribution >= 0.6 is 15.9 Å². The molecular formula is C13H19BrO3. The highest BCUT2D eigenvalue weighted by atomic mass is 79.9. The van der Waals surface area contributed by atoms with E-state index in [2.05, 4.69) is 29.8 Å². The van der Waals surface area contributed by atoms with E-state index in [1.54, 1.807) is 0 Å². The molecule has 4 heteroatoms. The molecule has 1 rings (SSSR count). The number of furan rings is 1. The molecule has 0 saturated heterocycles. The Kier molecular flexibility index (Phi) is 4.80. The van der Waals surface area contributed by atoms with Crippen molar-refractivity contribution in [2.24, 2.45) is 5.92 Å². The summed E-state index contributed by atoms with van der Waals surface area (Å²) < 4.78 is 12.0. The van der Waals surface area contributed by atoms with Crippen molar-refractivity contribution in [3.05, 3.63) is 22.1 Å². The molecular weight excluding hydrogens is 284 g/mol. The highest BCUT2D eigenvalue weighted by Crippen LogP contribution is 2.35. The Morgan fingerprint density at radius 1 is 1.35 bits per heavy atom. The predicted octanol–water partition coefficient (Wildman–Crippen LogP) is 4.43. The predicted molar refractivity (Wildman–Crippen MR) is 69.8 cm³/mol. The van der Waals surface area contributed by atoms with Gasteiger partial charge < -0.3 is 9.15 Å². The summed E-state index contributed by atoms with van der Waals surface area (Å²) in [6.07, 6.45) is -0.323. The third-order valence-electron chi connectivity index (χ3n) is 2.44. The van der Waals surface area contributed by atoms with Crippen LogP contribution in [0.5, 0.6) is 0 Å². The molecule has 1 atom stereocenters. The zero-order chi connectivity index (χ0) is 13.2. The first-order valence-corrected chi connectivity index (χ1v) is 6.58. The summed E-state index contributed by atoms with van der Waals surface area (Å²) in [7, 11) is 0. The zero-order valence-corrected chi connectivity index (χ0v) is 12.5. The summed E-state index contributed by atoms with van der Waals surface area (Å²) in [5.74, 6) is 1.77. The summed E-state index contributed by atoms with van der Waals surface area (Å²) >= 11 is 3.47. The molecule has 0 bridgehead atoms. The van der Waals surface area contributed by atoms with E-state index >= 15 is 0 Å². The molecule has 96 valence electrons. The minimum atomic E-state index is -0.323. The Morgan fingerprint density at radius 2 is 1.94 bits per heavy atom. The minimum Gasteiger partial charge on any atom is -0.461 e. The van der Waals surface area contributed by atoms with E-state index in [1.807, 2.05) is 19.9 Å². The molecule has 0 amide bonds. The van der Waals surface area contributed by atoms with Gasteiger partial charge >= 0.3 is 5.97 Å². The number of carbonyl (C=O) groups is 1. The van der Waals surface area contributed by atoms with Crippen LogP contribution < -0.4 is 0 Å². The van der Waals surface area contributed by atoms with Crippen LogP contribution in [-0.2, 0) is 9.53 Å². The summed E-state index contributed by atoms with van der Waals surface area (Å²) in [6, 6.07) is 1.89. The van der Waals surface area contributed by atoms with Gasteiger partial charge in [-0.15, -0.1) is 0 Å². The molecule has 0 fully saturated rings. The van der Waals surface area contributed by atoms with Crippen molar-refractivity contribution in [1.82, 2.24) is 0 Å². The van der Waals surface area contributed by atoms with Crippen LogP contribution in [0.2, 0.25) is 0 Å². The molecule has 0 aliphatic heterocycles. The van der Waals surface area contributed by atoms with E-state index in [0.717, 1.165) is 10.2 Å². The maximum absolute atomic E-state index is 11.1. The van der Waals surface area contributed by atoms with Crippen molar-refractivity contribution < 1.29 is 13.9 Å². The van der Waals surface area contributed by atoms with Gasteiger partial charge in [0.25, 0.3) is 0 Å². The largest absolute Gasteiger partial charge is 0.461 e. The molecule has 0 aliphatic rings. The van der Waals surface area contributed by atoms with E-state index in [-0.39, 0.29) is 18.0 Å². The van der Waals surface area contributed by atoms with Crippen LogP contribution in [0.15, 0.2) is 15.0 Å². The van der Waals surface area contributed by atoms with E-state index in [9.17, 15) is 4.79 Å². The van der Waals surface area contributed by atoms with Crippen molar-refractivity contribution in [1.29, 1.82) is 0 Å². The first kappa shape index (κ1) is 14.3. The molecule has 1 heterocycles. The molecule has 0 aromatic carbocycles. The Morgan fingerprint density at radius 3 is 2.29 bits per heavy atom. The van der Waals surface area contributed by atoms with Gasteiger partial charge in [-0.25, -0.2) is 0 Å². The fraction of sp³-hybridized carbons (Fsp3) is 0.615. The monoisotopic (exact) mass is 302 g/mol. The van der Waals surface area contributed by atoms with Gasteiger partial charge in [0.2, 0.25) is 0 Å². The highest BCUT2D eigenvalue weighted by molar-refractivity contribution is 9.10. The first-order valence-electron chi connectivity index (χ1n) is 5.79. The minimum absolute atomic E-state index is 0.178. The van der Waals surface area contributed by atoms with E-state index in [0.29, 0.717) is 11.7 Å². The van der Waals surface area contributed by atoms with Crippen LogP contribution in [-0.4, -0.2) is 5.97 Å². The third-order valence-corrected chi connectivity index (χ3v) is 3.06. The van der Waals surface area contributed by atoms with Crippen LogP contribution in [0.3, 0.4) is 0 Å². The lowest BCUT2D eigenvalue weighted by molar-refractivity contribution is -0.150. The fourth-order valence-corrected chi connectivity index (χ4v) is 2.40. The van der Waals surface area contributed by atoms with Crippen molar-refractivity contribution in [3.8, 4) is 0 Å². The second-order valence-corrected chi connectivity index (χ2v) is 5.64. The van der Waals surface area contributed by atoms with Gasteiger partial charge in [0, 0.05) is 12.8 Å². The summed E-state index contributed by atoms with van der Waals surface area (Å²) in [5, 5.41) is 0. The van der Waals surface area contributed by atoms with Crippen molar-refractivity contribution in [3.63, 3.8) is 0 Å². The first-order chi connectivity index (χ1) is 7.82. The van der Waals surface area contributed by atoms with Crippen molar-refractivity contribution >= 4 is 21.9 Å². The van der Waals surface area contributed by atoms with Gasteiger partial charge in [-0.3, -0.25) is 4.79 Å². The van der Waals surface area contributed by atoms with Gasteiger partial charge in [-0.1, -0.05) is 27.7 Å². The normalized spacial score (nSPS) is 13.2. The highest BCUT2D eigenvalue weighted by Gasteiger charge is 2.25. The Hall–Kier alpha value is -0.770. The average molecular weight is 303 g/mol. The quantitative estimate of drug-likeness (QED) is 0.773. The topological polar surface area (TPSA) is 39.4 Å². The van der Waals surface area contributed by atoms with Gasteiger partial charge in [-0.2, -0.15) is 0 Å². The molecule has 0 aliphatic carbocycles. The van der Waals surface area contributed by atoms with E-state index in [4.69, 9.17) is 9.15 Å². The SMILES string of the molecule is CC(=O)O[C@H](c1cc(Br)c(C(C)C)o1)C(C)C. The molecule has 17 heavy (non-hydrogen) atoms. The van der Waals surface area contributed by atoms with Crippen LogP contribution in [0, 0.1) is 5.92 Å². The number of hydrogen-bond acceptors (Lipinski definition) is 3. The number of rotatable bonds is 4. The number of hydrogen-bond donors (Lipinski definition) is 0. The molecule has 0 unspecified atom stereocenters. The van der Waals surface area contributed by atoms with Gasteiger partial charge in [0.1, 0.15) is 11.5 Å². The molecule has 0 radical (unpaired) electrons. The summed E-state index contributed by atoms with van der Waals surface area (Å²) in [6.45, 7) is 9.53. The van der Waals surface area contributed by atoms with Gasteiger partial charge in [0.15, 0.2) is 6.10 Å². The lowest BCUT2D eigenvalue weighted by atomic mass is 10.1. The Balaban J connectivity index is 3.02. The number of halogens is 1. The maximum atomic E-state index is 11.1. The molecule has 0 N–H and O–H groups in total. The Labute approximate surface area is 111 Å². The van der Waals surface area contributed by atoms with Crippen LogP contribution in [0.25, 0.3) is 0 Å². The lowest BCUT2D eigenvalue weighted by Crippen LogP contribution is -2.13. The zero-order valence-electron chi connectivity index (χ0n) is 10.9. The molecule has 1 aromatic heterocycles. The van der Waals surface area contributed by atoms with Gasteiger partial charge in [-0.05, 0) is 27.9 Å². The standard InChI is InChI=1S/C13H19BrO3/c1-7(2)12-10(14)6-11(17-12)13(8(3)4)16-9(5)15/h6-8,13H,1-5H3/t13-/m0/s1. The Bertz CT molecular complexity index is 393. The fourth-order valence-electron chi connectivity index (χ4n) is 1.64. The second kappa shape index (κ2) is 5.71. The van der Waals surface area contributed by atoms with Gasteiger partial charge in [0.05, 0.1) is 4.47 Å². The number of ether oxygens (including phenoxy) is 1. The molecule has 0 saturated carbocycles. The summed E-state index contributed by atoms with van der Waals surface area (Å²) in [4.78, 5) is 11.1. The second-order valence-electron chi connectivity index (χ2n) is 4.79. The number of carbonyl (C=O) groups excluding carboxylic acids is 1. The van der Waals surface area contributed by atoms with E-state index < -0.39 is 0 Å². The number of esters is 1. The van der Waals surface area contributed by atoms with Crippen LogP contribution in [0.1, 0.15) is 58.2 Å². The molecule has 1 aromatic rings. The lowest BCUT2D eigenvalue weighted by Gasteiger charge is -2.18.